The minimum absolute atomic E-state index is 0.226. The SMILES string of the molecule is CCn1c(SCC(=O)NN)nnc1-c1ccccc1. The van der Waals surface area contributed by atoms with Gasteiger partial charge in [0.05, 0.1) is 5.75 Å². The van der Waals surface area contributed by atoms with Crippen LogP contribution in [0, 0.1) is 0 Å². The van der Waals surface area contributed by atoms with Crippen molar-refractivity contribution >= 4 is 17.7 Å². The minimum atomic E-state index is -0.239. The lowest BCUT2D eigenvalue weighted by molar-refractivity contribution is -0.118. The summed E-state index contributed by atoms with van der Waals surface area (Å²) < 4.78 is 1.98. The van der Waals surface area contributed by atoms with Gasteiger partial charge in [0, 0.05) is 12.1 Å². The van der Waals surface area contributed by atoms with Gasteiger partial charge in [0.25, 0.3) is 0 Å². The summed E-state index contributed by atoms with van der Waals surface area (Å²) in [6.07, 6.45) is 0. The molecule has 0 saturated carbocycles. The summed E-state index contributed by atoms with van der Waals surface area (Å²) in [6, 6.07) is 9.84. The van der Waals surface area contributed by atoms with Gasteiger partial charge in [0.15, 0.2) is 11.0 Å². The standard InChI is InChI=1S/C12H15N5OS/c1-2-17-11(9-6-4-3-5-7-9)15-16-12(17)19-8-10(18)14-13/h3-7H,2,8,13H2,1H3,(H,14,18). The Labute approximate surface area is 115 Å². The molecule has 2 aromatic rings. The molecule has 1 amide bonds. The molecule has 1 heterocycles. The number of thioether (sulfide) groups is 1. The molecule has 0 atom stereocenters. The summed E-state index contributed by atoms with van der Waals surface area (Å²) in [5, 5.41) is 9.03. The zero-order valence-electron chi connectivity index (χ0n) is 10.5. The van der Waals surface area contributed by atoms with Gasteiger partial charge < -0.3 is 4.57 Å². The molecule has 6 nitrogen and oxygen atoms in total. The second-order valence-electron chi connectivity index (χ2n) is 3.77. The fraction of sp³-hybridized carbons (Fsp3) is 0.250. The van der Waals surface area contributed by atoms with Gasteiger partial charge in [-0.05, 0) is 6.92 Å². The topological polar surface area (TPSA) is 85.8 Å². The van der Waals surface area contributed by atoms with E-state index in [2.05, 4.69) is 15.6 Å². The molecule has 1 aromatic carbocycles. The van der Waals surface area contributed by atoms with Gasteiger partial charge in [-0.15, -0.1) is 10.2 Å². The lowest BCUT2D eigenvalue weighted by atomic mass is 10.2. The summed E-state index contributed by atoms with van der Waals surface area (Å²) in [6.45, 7) is 2.76. The average Bonchev–Trinajstić information content (AvgIpc) is 2.88. The van der Waals surface area contributed by atoms with Crippen LogP contribution in [0.5, 0.6) is 0 Å². The first-order chi connectivity index (χ1) is 9.26. The number of hydrogen-bond acceptors (Lipinski definition) is 5. The maximum absolute atomic E-state index is 11.1. The number of hydrazine groups is 1. The predicted molar refractivity (Wildman–Crippen MR) is 74.2 cm³/mol. The van der Waals surface area contributed by atoms with E-state index in [-0.39, 0.29) is 11.7 Å². The first-order valence-corrected chi connectivity index (χ1v) is 6.85. The molecule has 0 fully saturated rings. The molecular formula is C12H15N5OS. The van der Waals surface area contributed by atoms with E-state index < -0.39 is 0 Å². The molecule has 1 aromatic heterocycles. The third-order valence-electron chi connectivity index (χ3n) is 2.56. The van der Waals surface area contributed by atoms with Crippen molar-refractivity contribution in [3.05, 3.63) is 30.3 Å². The first-order valence-electron chi connectivity index (χ1n) is 5.87. The number of rotatable bonds is 5. The third-order valence-corrected chi connectivity index (χ3v) is 3.53. The lowest BCUT2D eigenvalue weighted by Crippen LogP contribution is -2.31. The number of nitrogens with two attached hydrogens (primary N) is 1. The van der Waals surface area contributed by atoms with Gasteiger partial charge in [0.1, 0.15) is 0 Å². The normalized spacial score (nSPS) is 10.4. The Morgan fingerprint density at radius 2 is 2.11 bits per heavy atom. The van der Waals surface area contributed by atoms with Crippen LogP contribution >= 0.6 is 11.8 Å². The van der Waals surface area contributed by atoms with Crippen molar-refractivity contribution in [3.8, 4) is 11.4 Å². The summed E-state index contributed by atoms with van der Waals surface area (Å²) in [4.78, 5) is 11.1. The number of aromatic nitrogens is 3. The Morgan fingerprint density at radius 1 is 1.37 bits per heavy atom. The second-order valence-corrected chi connectivity index (χ2v) is 4.72. The van der Waals surface area contributed by atoms with E-state index >= 15 is 0 Å². The van der Waals surface area contributed by atoms with Crippen LogP contribution in [-0.4, -0.2) is 26.4 Å². The number of carbonyl (C=O) groups excluding carboxylic acids is 1. The fourth-order valence-electron chi connectivity index (χ4n) is 1.65. The van der Waals surface area contributed by atoms with Gasteiger partial charge in [-0.1, -0.05) is 42.1 Å². The highest BCUT2D eigenvalue weighted by Gasteiger charge is 2.13. The molecule has 100 valence electrons. The molecule has 7 heteroatoms. The van der Waals surface area contributed by atoms with Crippen molar-refractivity contribution in [3.63, 3.8) is 0 Å². The molecule has 0 spiro atoms. The molecule has 3 N–H and O–H groups in total. The van der Waals surface area contributed by atoms with Crippen LogP contribution in [0.2, 0.25) is 0 Å². The first kappa shape index (κ1) is 13.6. The molecular weight excluding hydrogens is 262 g/mol. The molecule has 0 aliphatic heterocycles. The highest BCUT2D eigenvalue weighted by Crippen LogP contribution is 2.23. The van der Waals surface area contributed by atoms with Crippen LogP contribution in [0.1, 0.15) is 6.92 Å². The van der Waals surface area contributed by atoms with Gasteiger partial charge >= 0.3 is 0 Å². The van der Waals surface area contributed by atoms with Crippen molar-refractivity contribution in [1.29, 1.82) is 0 Å². The van der Waals surface area contributed by atoms with E-state index in [9.17, 15) is 4.79 Å². The van der Waals surface area contributed by atoms with Crippen LogP contribution in [-0.2, 0) is 11.3 Å². The van der Waals surface area contributed by atoms with E-state index in [0.717, 1.165) is 17.9 Å². The Hall–Kier alpha value is -1.86. The summed E-state index contributed by atoms with van der Waals surface area (Å²) in [7, 11) is 0. The average molecular weight is 277 g/mol. The van der Waals surface area contributed by atoms with E-state index in [0.29, 0.717) is 5.16 Å². The highest BCUT2D eigenvalue weighted by atomic mass is 32.2. The summed E-state index contributed by atoms with van der Waals surface area (Å²) in [5.74, 6) is 5.84. The summed E-state index contributed by atoms with van der Waals surface area (Å²) >= 11 is 1.32. The Balaban J connectivity index is 2.23. The zero-order chi connectivity index (χ0) is 13.7. The number of nitrogens with one attached hydrogen (secondary N) is 1. The monoisotopic (exact) mass is 277 g/mol. The van der Waals surface area contributed by atoms with Crippen LogP contribution in [0.15, 0.2) is 35.5 Å². The number of benzene rings is 1. The Bertz CT molecular complexity index is 555. The van der Waals surface area contributed by atoms with Crippen LogP contribution in [0.3, 0.4) is 0 Å². The van der Waals surface area contributed by atoms with Gasteiger partial charge in [-0.25, -0.2) is 5.84 Å². The van der Waals surface area contributed by atoms with Crippen LogP contribution in [0.25, 0.3) is 11.4 Å². The van der Waals surface area contributed by atoms with E-state index in [1.54, 1.807) is 0 Å². The largest absolute Gasteiger partial charge is 0.302 e. The van der Waals surface area contributed by atoms with Gasteiger partial charge in [-0.3, -0.25) is 10.2 Å². The van der Waals surface area contributed by atoms with E-state index in [1.165, 1.54) is 11.8 Å². The van der Waals surface area contributed by atoms with Crippen molar-refractivity contribution < 1.29 is 4.79 Å². The molecule has 2 rings (SSSR count). The fourth-order valence-corrected chi connectivity index (χ4v) is 2.47. The van der Waals surface area contributed by atoms with Crippen molar-refractivity contribution in [2.75, 3.05) is 5.75 Å². The van der Waals surface area contributed by atoms with E-state index in [4.69, 9.17) is 5.84 Å². The van der Waals surface area contributed by atoms with E-state index in [1.807, 2.05) is 41.8 Å². The number of amides is 1. The van der Waals surface area contributed by atoms with Crippen molar-refractivity contribution in [1.82, 2.24) is 20.2 Å². The smallest absolute Gasteiger partial charge is 0.244 e. The number of carbonyl (C=O) groups is 1. The third kappa shape index (κ3) is 3.12. The van der Waals surface area contributed by atoms with Crippen molar-refractivity contribution in [2.24, 2.45) is 5.84 Å². The maximum atomic E-state index is 11.1. The minimum Gasteiger partial charge on any atom is -0.302 e. The molecule has 0 saturated heterocycles. The van der Waals surface area contributed by atoms with Crippen molar-refractivity contribution in [2.45, 2.75) is 18.6 Å². The van der Waals surface area contributed by atoms with Crippen LogP contribution in [0.4, 0.5) is 0 Å². The molecule has 0 aliphatic carbocycles. The predicted octanol–water partition coefficient (Wildman–Crippen LogP) is 1.05. The molecule has 0 radical (unpaired) electrons. The zero-order valence-corrected chi connectivity index (χ0v) is 11.4. The highest BCUT2D eigenvalue weighted by molar-refractivity contribution is 7.99. The quantitative estimate of drug-likeness (QED) is 0.369. The lowest BCUT2D eigenvalue weighted by Gasteiger charge is -2.06. The molecule has 0 bridgehead atoms. The summed E-state index contributed by atoms with van der Waals surface area (Å²) in [5.41, 5.74) is 3.10. The second kappa shape index (κ2) is 6.35. The Kier molecular flexibility index (Phi) is 4.53. The van der Waals surface area contributed by atoms with Gasteiger partial charge in [-0.2, -0.15) is 0 Å². The Morgan fingerprint density at radius 3 is 2.74 bits per heavy atom. The number of nitrogens with zero attached hydrogens (tertiary/aromatic N) is 3. The molecule has 0 unspecified atom stereocenters. The van der Waals surface area contributed by atoms with Gasteiger partial charge in [0.2, 0.25) is 5.91 Å². The molecule has 19 heavy (non-hydrogen) atoms. The van der Waals surface area contributed by atoms with Crippen LogP contribution < -0.4 is 11.3 Å². The maximum Gasteiger partial charge on any atom is 0.244 e. The molecule has 0 aliphatic rings. The number of hydrogen-bond donors (Lipinski definition) is 2.